The van der Waals surface area contributed by atoms with Crippen LogP contribution < -0.4 is 0 Å². The smallest absolute Gasteiger partial charge is 0.330 e. The van der Waals surface area contributed by atoms with E-state index in [0.717, 1.165) is 25.3 Å². The average molecular weight is 152 g/mol. The standard InChI is InChI=1S/C9H12O2/c1-3-5-6-7-8-11-9(10)4-2/h1,4H,2,5-8H2. The zero-order valence-electron chi connectivity index (χ0n) is 6.51. The number of rotatable bonds is 5. The highest BCUT2D eigenvalue weighted by atomic mass is 16.5. The van der Waals surface area contributed by atoms with Gasteiger partial charge in [0.2, 0.25) is 0 Å². The second kappa shape index (κ2) is 6.88. The molecule has 11 heavy (non-hydrogen) atoms. The summed E-state index contributed by atoms with van der Waals surface area (Å²) in [6.07, 6.45) is 8.65. The maximum absolute atomic E-state index is 10.5. The Morgan fingerprint density at radius 3 is 2.91 bits per heavy atom. The van der Waals surface area contributed by atoms with Gasteiger partial charge in [0.05, 0.1) is 6.61 Å². The Bertz CT molecular complexity index is 165. The van der Waals surface area contributed by atoms with Gasteiger partial charge in [-0.25, -0.2) is 4.79 Å². The lowest BCUT2D eigenvalue weighted by atomic mass is 10.2. The van der Waals surface area contributed by atoms with Crippen LogP contribution in [-0.4, -0.2) is 12.6 Å². The molecule has 0 aliphatic heterocycles. The Morgan fingerprint density at radius 1 is 1.64 bits per heavy atom. The largest absolute Gasteiger partial charge is 0.463 e. The normalized spacial score (nSPS) is 8.27. The number of hydrogen-bond donors (Lipinski definition) is 0. The SMILES string of the molecule is C#CCCCCOC(=O)C=C. The number of carbonyl (C=O) groups excluding carboxylic acids is 1. The van der Waals surface area contributed by atoms with Crippen LogP contribution in [0.5, 0.6) is 0 Å². The third kappa shape index (κ3) is 6.66. The minimum atomic E-state index is -0.370. The maximum atomic E-state index is 10.5. The van der Waals surface area contributed by atoms with Gasteiger partial charge in [-0.2, -0.15) is 0 Å². The Labute approximate surface area is 67.2 Å². The Balaban J connectivity index is 3.09. The summed E-state index contributed by atoms with van der Waals surface area (Å²) in [5.41, 5.74) is 0. The van der Waals surface area contributed by atoms with Gasteiger partial charge < -0.3 is 4.74 Å². The number of terminal acetylenes is 1. The van der Waals surface area contributed by atoms with E-state index in [1.54, 1.807) is 0 Å². The molecule has 0 heterocycles. The first-order valence-electron chi connectivity index (χ1n) is 3.54. The molecule has 0 aromatic rings. The van der Waals surface area contributed by atoms with E-state index in [2.05, 4.69) is 12.5 Å². The van der Waals surface area contributed by atoms with Crippen LogP contribution in [0.25, 0.3) is 0 Å². The van der Waals surface area contributed by atoms with E-state index < -0.39 is 0 Å². The van der Waals surface area contributed by atoms with Crippen LogP contribution in [0.2, 0.25) is 0 Å². The number of esters is 1. The van der Waals surface area contributed by atoms with Crippen LogP contribution in [-0.2, 0) is 9.53 Å². The third-order valence-corrected chi connectivity index (χ3v) is 1.13. The average Bonchev–Trinajstić information content (AvgIpc) is 2.04. The number of carbonyl (C=O) groups is 1. The topological polar surface area (TPSA) is 26.3 Å². The molecule has 0 saturated heterocycles. The van der Waals surface area contributed by atoms with Crippen molar-refractivity contribution in [2.75, 3.05) is 6.61 Å². The molecule has 0 aromatic heterocycles. The number of ether oxygens (including phenoxy) is 1. The van der Waals surface area contributed by atoms with Crippen molar-refractivity contribution in [3.63, 3.8) is 0 Å². The molecule has 0 bridgehead atoms. The van der Waals surface area contributed by atoms with Crippen LogP contribution in [0, 0.1) is 12.3 Å². The third-order valence-electron chi connectivity index (χ3n) is 1.13. The summed E-state index contributed by atoms with van der Waals surface area (Å²) in [5.74, 6) is 2.14. The summed E-state index contributed by atoms with van der Waals surface area (Å²) in [6, 6.07) is 0. The van der Waals surface area contributed by atoms with Gasteiger partial charge in [0, 0.05) is 12.5 Å². The highest BCUT2D eigenvalue weighted by Gasteiger charge is 1.93. The van der Waals surface area contributed by atoms with Crippen LogP contribution in [0.3, 0.4) is 0 Å². The fourth-order valence-corrected chi connectivity index (χ4v) is 0.561. The van der Waals surface area contributed by atoms with Crippen LogP contribution >= 0.6 is 0 Å². The van der Waals surface area contributed by atoms with Crippen molar-refractivity contribution in [1.29, 1.82) is 0 Å². The van der Waals surface area contributed by atoms with E-state index in [1.807, 2.05) is 0 Å². The predicted octanol–water partition coefficient (Wildman–Crippen LogP) is 1.52. The van der Waals surface area contributed by atoms with Gasteiger partial charge >= 0.3 is 5.97 Å². The van der Waals surface area contributed by atoms with Crippen LogP contribution in [0.1, 0.15) is 19.3 Å². The molecule has 0 fully saturated rings. The quantitative estimate of drug-likeness (QED) is 0.258. The summed E-state index contributed by atoms with van der Waals surface area (Å²) in [4.78, 5) is 10.5. The summed E-state index contributed by atoms with van der Waals surface area (Å²) in [7, 11) is 0. The second-order valence-corrected chi connectivity index (χ2v) is 2.03. The van der Waals surface area contributed by atoms with Gasteiger partial charge in [-0.1, -0.05) is 6.58 Å². The van der Waals surface area contributed by atoms with Gasteiger partial charge in [0.15, 0.2) is 0 Å². The lowest BCUT2D eigenvalue weighted by Gasteiger charge is -1.98. The number of unbranched alkanes of at least 4 members (excludes halogenated alkanes) is 2. The Morgan fingerprint density at radius 2 is 2.36 bits per heavy atom. The van der Waals surface area contributed by atoms with E-state index >= 15 is 0 Å². The molecule has 0 spiro atoms. The summed E-state index contributed by atoms with van der Waals surface area (Å²) in [5, 5.41) is 0. The predicted molar refractivity (Wildman–Crippen MR) is 43.8 cm³/mol. The van der Waals surface area contributed by atoms with Gasteiger partial charge in [0.1, 0.15) is 0 Å². The molecule has 0 amide bonds. The fourth-order valence-electron chi connectivity index (χ4n) is 0.561. The van der Waals surface area contributed by atoms with Gasteiger partial charge in [0.25, 0.3) is 0 Å². The van der Waals surface area contributed by atoms with Crippen molar-refractivity contribution in [2.45, 2.75) is 19.3 Å². The monoisotopic (exact) mass is 152 g/mol. The molecule has 0 atom stereocenters. The summed E-state index contributed by atoms with van der Waals surface area (Å²) in [6.45, 7) is 3.71. The first kappa shape index (κ1) is 9.77. The molecule has 0 rings (SSSR count). The van der Waals surface area contributed by atoms with Crippen molar-refractivity contribution in [2.24, 2.45) is 0 Å². The van der Waals surface area contributed by atoms with Crippen molar-refractivity contribution >= 4 is 5.97 Å². The minimum Gasteiger partial charge on any atom is -0.463 e. The van der Waals surface area contributed by atoms with Crippen molar-refractivity contribution in [1.82, 2.24) is 0 Å². The molecule has 0 unspecified atom stereocenters. The van der Waals surface area contributed by atoms with E-state index in [9.17, 15) is 4.79 Å². The van der Waals surface area contributed by atoms with Crippen molar-refractivity contribution < 1.29 is 9.53 Å². The first-order valence-corrected chi connectivity index (χ1v) is 3.54. The Kier molecular flexibility index (Phi) is 6.11. The highest BCUT2D eigenvalue weighted by Crippen LogP contribution is 1.94. The van der Waals surface area contributed by atoms with Gasteiger partial charge in [-0.05, 0) is 12.8 Å². The number of hydrogen-bond acceptors (Lipinski definition) is 2. The molecule has 2 heteroatoms. The van der Waals surface area contributed by atoms with E-state index in [0.29, 0.717) is 6.61 Å². The zero-order valence-corrected chi connectivity index (χ0v) is 6.51. The molecule has 0 N–H and O–H groups in total. The molecule has 0 radical (unpaired) electrons. The summed E-state index contributed by atoms with van der Waals surface area (Å²) >= 11 is 0. The van der Waals surface area contributed by atoms with Crippen LogP contribution in [0.4, 0.5) is 0 Å². The van der Waals surface area contributed by atoms with Crippen LogP contribution in [0.15, 0.2) is 12.7 Å². The lowest BCUT2D eigenvalue weighted by molar-refractivity contribution is -0.137. The molecule has 0 saturated carbocycles. The minimum absolute atomic E-state index is 0.370. The highest BCUT2D eigenvalue weighted by molar-refractivity contribution is 5.81. The fraction of sp³-hybridized carbons (Fsp3) is 0.444. The first-order chi connectivity index (χ1) is 5.31. The molecular formula is C9H12O2. The lowest BCUT2D eigenvalue weighted by Crippen LogP contribution is -2.01. The maximum Gasteiger partial charge on any atom is 0.330 e. The van der Waals surface area contributed by atoms with Gasteiger partial charge in [-0.15, -0.1) is 12.3 Å². The van der Waals surface area contributed by atoms with E-state index in [-0.39, 0.29) is 5.97 Å². The molecule has 2 nitrogen and oxygen atoms in total. The zero-order chi connectivity index (χ0) is 8.53. The molecular weight excluding hydrogens is 140 g/mol. The Hall–Kier alpha value is -1.23. The molecule has 60 valence electrons. The van der Waals surface area contributed by atoms with Gasteiger partial charge in [-0.3, -0.25) is 0 Å². The second-order valence-electron chi connectivity index (χ2n) is 2.03. The van der Waals surface area contributed by atoms with E-state index in [4.69, 9.17) is 11.2 Å². The molecule has 0 aliphatic rings. The molecule has 0 aliphatic carbocycles. The molecule has 0 aromatic carbocycles. The van der Waals surface area contributed by atoms with Crippen molar-refractivity contribution in [3.05, 3.63) is 12.7 Å². The van der Waals surface area contributed by atoms with Crippen molar-refractivity contribution in [3.8, 4) is 12.3 Å². The summed E-state index contributed by atoms with van der Waals surface area (Å²) < 4.78 is 4.71. The van der Waals surface area contributed by atoms with E-state index in [1.165, 1.54) is 0 Å².